The molecule has 1 atom stereocenters. The number of carboxylic acid groups (broad SMARTS) is 1. The second-order valence-electron chi connectivity index (χ2n) is 3.22. The van der Waals surface area contributed by atoms with Crippen LogP contribution in [0.3, 0.4) is 0 Å². The van der Waals surface area contributed by atoms with Gasteiger partial charge in [-0.25, -0.2) is 0 Å². The van der Waals surface area contributed by atoms with E-state index in [1.54, 1.807) is 0 Å². The predicted octanol–water partition coefficient (Wildman–Crippen LogP) is 1.14. The number of aryl methyl sites for hydroxylation is 1. The van der Waals surface area contributed by atoms with Gasteiger partial charge in [0.05, 0.1) is 5.92 Å². The van der Waals surface area contributed by atoms with Crippen LogP contribution in [0.4, 0.5) is 0 Å². The van der Waals surface area contributed by atoms with Crippen molar-refractivity contribution in [1.82, 2.24) is 4.57 Å². The van der Waals surface area contributed by atoms with Gasteiger partial charge in [0.15, 0.2) is 0 Å². The maximum absolute atomic E-state index is 10.7. The van der Waals surface area contributed by atoms with Gasteiger partial charge in [-0.2, -0.15) is 0 Å². The SMILES string of the molecule is O=C(O)C1CCn2cccc2C1. The van der Waals surface area contributed by atoms with Gasteiger partial charge in [-0.1, -0.05) is 0 Å². The molecule has 1 aliphatic rings. The van der Waals surface area contributed by atoms with Crippen LogP contribution in [0.1, 0.15) is 12.1 Å². The molecule has 0 amide bonds. The summed E-state index contributed by atoms with van der Waals surface area (Å²) in [4.78, 5) is 10.7. The van der Waals surface area contributed by atoms with Crippen LogP contribution in [-0.2, 0) is 17.8 Å². The maximum atomic E-state index is 10.7. The van der Waals surface area contributed by atoms with E-state index < -0.39 is 5.97 Å². The highest BCUT2D eigenvalue weighted by Crippen LogP contribution is 2.20. The molecule has 64 valence electrons. The summed E-state index contributed by atoms with van der Waals surface area (Å²) in [5.41, 5.74) is 1.15. The molecule has 0 spiro atoms. The fourth-order valence-electron chi connectivity index (χ4n) is 1.71. The molecule has 3 heteroatoms. The Kier molecular flexibility index (Phi) is 1.64. The van der Waals surface area contributed by atoms with Gasteiger partial charge >= 0.3 is 5.97 Å². The van der Waals surface area contributed by atoms with E-state index in [9.17, 15) is 4.79 Å². The second kappa shape index (κ2) is 2.66. The standard InChI is InChI=1S/C9H11NO2/c11-9(12)7-3-5-10-4-1-2-8(10)6-7/h1-2,4,7H,3,5-6H2,(H,11,12). The van der Waals surface area contributed by atoms with Crippen LogP contribution in [0.5, 0.6) is 0 Å². The van der Waals surface area contributed by atoms with Crippen LogP contribution >= 0.6 is 0 Å². The van der Waals surface area contributed by atoms with Crippen LogP contribution in [-0.4, -0.2) is 15.6 Å². The molecule has 0 saturated heterocycles. The first-order valence-electron chi connectivity index (χ1n) is 4.14. The number of fused-ring (bicyclic) bond motifs is 1. The number of carboxylic acids is 1. The fraction of sp³-hybridized carbons (Fsp3) is 0.444. The molecule has 0 saturated carbocycles. The van der Waals surface area contributed by atoms with Gasteiger partial charge in [-0.05, 0) is 18.6 Å². The van der Waals surface area contributed by atoms with Crippen molar-refractivity contribution in [2.24, 2.45) is 5.92 Å². The van der Waals surface area contributed by atoms with Crippen molar-refractivity contribution in [1.29, 1.82) is 0 Å². The zero-order valence-corrected chi connectivity index (χ0v) is 6.73. The quantitative estimate of drug-likeness (QED) is 0.678. The number of carbonyl (C=O) groups is 1. The molecule has 0 aromatic carbocycles. The highest BCUT2D eigenvalue weighted by Gasteiger charge is 2.23. The van der Waals surface area contributed by atoms with Crippen LogP contribution < -0.4 is 0 Å². The van der Waals surface area contributed by atoms with E-state index in [1.165, 1.54) is 0 Å². The molecule has 12 heavy (non-hydrogen) atoms. The molecular weight excluding hydrogens is 154 g/mol. The molecule has 1 N–H and O–H groups in total. The van der Waals surface area contributed by atoms with Crippen molar-refractivity contribution < 1.29 is 9.90 Å². The monoisotopic (exact) mass is 165 g/mol. The first-order chi connectivity index (χ1) is 5.77. The summed E-state index contributed by atoms with van der Waals surface area (Å²) < 4.78 is 2.12. The Balaban J connectivity index is 2.20. The first kappa shape index (κ1) is 7.40. The van der Waals surface area contributed by atoms with Gasteiger partial charge in [0.2, 0.25) is 0 Å². The maximum Gasteiger partial charge on any atom is 0.306 e. The number of nitrogens with zero attached hydrogens (tertiary/aromatic N) is 1. The van der Waals surface area contributed by atoms with Crippen molar-refractivity contribution in [3.05, 3.63) is 24.0 Å². The number of aromatic nitrogens is 1. The third-order valence-electron chi connectivity index (χ3n) is 2.45. The lowest BCUT2D eigenvalue weighted by atomic mass is 9.96. The molecule has 0 aliphatic carbocycles. The number of rotatable bonds is 1. The summed E-state index contributed by atoms with van der Waals surface area (Å²) in [6.45, 7) is 0.847. The lowest BCUT2D eigenvalue weighted by molar-refractivity contribution is -0.142. The lowest BCUT2D eigenvalue weighted by Crippen LogP contribution is -2.24. The average Bonchev–Trinajstić information content (AvgIpc) is 2.49. The minimum atomic E-state index is -0.664. The van der Waals surface area contributed by atoms with Crippen molar-refractivity contribution in [2.75, 3.05) is 0 Å². The van der Waals surface area contributed by atoms with Gasteiger partial charge in [0.25, 0.3) is 0 Å². The van der Waals surface area contributed by atoms with Crippen molar-refractivity contribution >= 4 is 5.97 Å². The van der Waals surface area contributed by atoms with Crippen molar-refractivity contribution in [2.45, 2.75) is 19.4 Å². The van der Waals surface area contributed by atoms with Crippen LogP contribution in [0, 0.1) is 5.92 Å². The summed E-state index contributed by atoms with van der Waals surface area (Å²) in [5, 5.41) is 8.79. The molecule has 1 unspecified atom stereocenters. The minimum Gasteiger partial charge on any atom is -0.481 e. The molecule has 1 aromatic heterocycles. The molecule has 0 fully saturated rings. The van der Waals surface area contributed by atoms with E-state index in [4.69, 9.17) is 5.11 Å². The fourth-order valence-corrected chi connectivity index (χ4v) is 1.71. The normalized spacial score (nSPS) is 21.8. The third-order valence-corrected chi connectivity index (χ3v) is 2.45. The van der Waals surface area contributed by atoms with E-state index in [1.807, 2.05) is 18.3 Å². The Morgan fingerprint density at radius 1 is 1.67 bits per heavy atom. The Morgan fingerprint density at radius 3 is 3.25 bits per heavy atom. The van der Waals surface area contributed by atoms with E-state index in [2.05, 4.69) is 4.57 Å². The van der Waals surface area contributed by atoms with Gasteiger partial charge in [0, 0.05) is 24.9 Å². The highest BCUT2D eigenvalue weighted by atomic mass is 16.4. The number of hydrogen-bond acceptors (Lipinski definition) is 1. The molecule has 3 nitrogen and oxygen atoms in total. The van der Waals surface area contributed by atoms with E-state index in [0.717, 1.165) is 18.7 Å². The summed E-state index contributed by atoms with van der Waals surface area (Å²) in [5.74, 6) is -0.838. The summed E-state index contributed by atoms with van der Waals surface area (Å²) in [6.07, 6.45) is 3.45. The van der Waals surface area contributed by atoms with Crippen LogP contribution in [0.15, 0.2) is 18.3 Å². The zero-order valence-electron chi connectivity index (χ0n) is 6.73. The molecular formula is C9H11NO2. The van der Waals surface area contributed by atoms with Crippen LogP contribution in [0.2, 0.25) is 0 Å². The summed E-state index contributed by atoms with van der Waals surface area (Å²) in [6, 6.07) is 3.97. The zero-order chi connectivity index (χ0) is 8.55. The van der Waals surface area contributed by atoms with E-state index >= 15 is 0 Å². The molecule has 1 aromatic rings. The Morgan fingerprint density at radius 2 is 2.50 bits per heavy atom. The van der Waals surface area contributed by atoms with E-state index in [0.29, 0.717) is 6.42 Å². The predicted molar refractivity (Wildman–Crippen MR) is 43.9 cm³/mol. The minimum absolute atomic E-state index is 0.174. The Hall–Kier alpha value is -1.25. The van der Waals surface area contributed by atoms with Gasteiger partial charge in [-0.15, -0.1) is 0 Å². The highest BCUT2D eigenvalue weighted by molar-refractivity contribution is 5.70. The van der Waals surface area contributed by atoms with Crippen LogP contribution in [0.25, 0.3) is 0 Å². The average molecular weight is 165 g/mol. The molecule has 2 heterocycles. The largest absolute Gasteiger partial charge is 0.481 e. The topological polar surface area (TPSA) is 42.2 Å². The summed E-state index contributed by atoms with van der Waals surface area (Å²) in [7, 11) is 0. The Labute approximate surface area is 70.6 Å². The molecule has 1 aliphatic heterocycles. The van der Waals surface area contributed by atoms with Crippen molar-refractivity contribution in [3.8, 4) is 0 Å². The van der Waals surface area contributed by atoms with Gasteiger partial charge in [0.1, 0.15) is 0 Å². The molecule has 0 radical (unpaired) electrons. The van der Waals surface area contributed by atoms with Gasteiger partial charge in [-0.3, -0.25) is 4.79 Å². The van der Waals surface area contributed by atoms with E-state index in [-0.39, 0.29) is 5.92 Å². The second-order valence-corrected chi connectivity index (χ2v) is 3.22. The van der Waals surface area contributed by atoms with Crippen molar-refractivity contribution in [3.63, 3.8) is 0 Å². The smallest absolute Gasteiger partial charge is 0.306 e. The Bertz CT molecular complexity index is 303. The molecule has 2 rings (SSSR count). The lowest BCUT2D eigenvalue weighted by Gasteiger charge is -2.20. The molecule has 0 bridgehead atoms. The first-order valence-corrected chi connectivity index (χ1v) is 4.14. The summed E-state index contributed by atoms with van der Waals surface area (Å²) >= 11 is 0. The number of hydrogen-bond donors (Lipinski definition) is 1. The third kappa shape index (κ3) is 1.11. The number of aliphatic carboxylic acids is 1. The van der Waals surface area contributed by atoms with Gasteiger partial charge < -0.3 is 9.67 Å².